The second kappa shape index (κ2) is 9.78. The minimum Gasteiger partial charge on any atom is -0.496 e. The van der Waals surface area contributed by atoms with Crippen molar-refractivity contribution in [3.05, 3.63) is 71.3 Å². The molecule has 3 rings (SSSR count). The van der Waals surface area contributed by atoms with Gasteiger partial charge < -0.3 is 19.7 Å². The molecule has 0 fully saturated rings. The Kier molecular flexibility index (Phi) is 6.89. The van der Waals surface area contributed by atoms with E-state index in [0.29, 0.717) is 17.9 Å². The van der Waals surface area contributed by atoms with Crippen LogP contribution in [0.3, 0.4) is 0 Å². The summed E-state index contributed by atoms with van der Waals surface area (Å²) in [6.07, 6.45) is 3.23. The maximum atomic E-state index is 12.0. The quantitative estimate of drug-likeness (QED) is 0.480. The third-order valence-electron chi connectivity index (χ3n) is 4.98. The van der Waals surface area contributed by atoms with Crippen LogP contribution in [-0.2, 0) is 11.3 Å². The van der Waals surface area contributed by atoms with Crippen molar-refractivity contribution in [2.24, 2.45) is 4.99 Å². The topological polar surface area (TPSA) is 63.2 Å². The Labute approximate surface area is 171 Å². The van der Waals surface area contributed by atoms with Crippen molar-refractivity contribution < 1.29 is 14.3 Å². The Bertz CT molecular complexity index is 907. The molecule has 6 nitrogen and oxygen atoms in total. The number of ether oxygens (including phenoxy) is 2. The molecule has 0 amide bonds. The first-order valence-corrected chi connectivity index (χ1v) is 9.61. The Morgan fingerprint density at radius 1 is 1.17 bits per heavy atom. The van der Waals surface area contributed by atoms with Gasteiger partial charge in [-0.3, -0.25) is 4.99 Å². The minimum absolute atomic E-state index is 0.414. The summed E-state index contributed by atoms with van der Waals surface area (Å²) in [6.45, 7) is 2.25. The highest BCUT2D eigenvalue weighted by atomic mass is 16.5. The van der Waals surface area contributed by atoms with Gasteiger partial charge in [-0.25, -0.2) is 4.79 Å². The summed E-state index contributed by atoms with van der Waals surface area (Å²) >= 11 is 0. The Morgan fingerprint density at radius 3 is 2.59 bits per heavy atom. The number of guanidine groups is 1. The van der Waals surface area contributed by atoms with E-state index in [1.807, 2.05) is 12.1 Å². The van der Waals surface area contributed by atoms with Crippen molar-refractivity contribution in [2.45, 2.75) is 13.0 Å². The van der Waals surface area contributed by atoms with E-state index in [0.717, 1.165) is 31.0 Å². The Morgan fingerprint density at radius 2 is 1.97 bits per heavy atom. The number of aliphatic imine (C=N–C) groups is 1. The molecular formula is C23H27N3O3. The minimum atomic E-state index is -0.414. The number of esters is 1. The van der Waals surface area contributed by atoms with Crippen LogP contribution in [0.4, 0.5) is 0 Å². The third-order valence-corrected chi connectivity index (χ3v) is 4.98. The fourth-order valence-corrected chi connectivity index (χ4v) is 3.42. The first kappa shape index (κ1) is 20.5. The highest BCUT2D eigenvalue weighted by molar-refractivity contribution is 5.92. The summed E-state index contributed by atoms with van der Waals surface area (Å²) in [5.41, 5.74) is 4.02. The van der Waals surface area contributed by atoms with Gasteiger partial charge in [-0.2, -0.15) is 0 Å². The molecule has 29 heavy (non-hydrogen) atoms. The van der Waals surface area contributed by atoms with Crippen molar-refractivity contribution >= 4 is 17.5 Å². The van der Waals surface area contributed by atoms with Gasteiger partial charge in [0.05, 0.1) is 14.2 Å². The SMILES string of the molecule is CN=C(NCc1ccc(OC)c(C(=O)OC)c1)N1CC=C(c2ccccc2)CC1. The fraction of sp³-hybridized carbons (Fsp3) is 0.304. The number of methoxy groups -OCH3 is 2. The van der Waals surface area contributed by atoms with Gasteiger partial charge in [0.25, 0.3) is 0 Å². The highest BCUT2D eigenvalue weighted by Gasteiger charge is 2.17. The summed E-state index contributed by atoms with van der Waals surface area (Å²) in [6, 6.07) is 16.0. The zero-order valence-electron chi connectivity index (χ0n) is 17.1. The van der Waals surface area contributed by atoms with Crippen molar-refractivity contribution in [3.63, 3.8) is 0 Å². The number of hydrogen-bond donors (Lipinski definition) is 1. The highest BCUT2D eigenvalue weighted by Crippen LogP contribution is 2.23. The number of nitrogens with zero attached hydrogens (tertiary/aromatic N) is 2. The van der Waals surface area contributed by atoms with Crippen LogP contribution in [0.25, 0.3) is 5.57 Å². The van der Waals surface area contributed by atoms with E-state index < -0.39 is 5.97 Å². The van der Waals surface area contributed by atoms with Gasteiger partial charge in [-0.05, 0) is 35.3 Å². The van der Waals surface area contributed by atoms with Crippen molar-refractivity contribution in [1.29, 1.82) is 0 Å². The number of carbonyl (C=O) groups is 1. The lowest BCUT2D eigenvalue weighted by Gasteiger charge is -2.30. The monoisotopic (exact) mass is 393 g/mol. The van der Waals surface area contributed by atoms with Crippen molar-refractivity contribution in [2.75, 3.05) is 34.4 Å². The van der Waals surface area contributed by atoms with Crippen LogP contribution >= 0.6 is 0 Å². The lowest BCUT2D eigenvalue weighted by Crippen LogP contribution is -2.43. The number of nitrogens with one attached hydrogen (secondary N) is 1. The molecule has 0 saturated carbocycles. The summed E-state index contributed by atoms with van der Waals surface area (Å²) in [4.78, 5) is 18.6. The van der Waals surface area contributed by atoms with Crippen LogP contribution < -0.4 is 10.1 Å². The van der Waals surface area contributed by atoms with E-state index in [9.17, 15) is 4.79 Å². The maximum Gasteiger partial charge on any atom is 0.341 e. The van der Waals surface area contributed by atoms with Gasteiger partial charge in [0, 0.05) is 26.7 Å². The first-order valence-electron chi connectivity index (χ1n) is 9.61. The second-order valence-electron chi connectivity index (χ2n) is 6.72. The molecule has 1 heterocycles. The smallest absolute Gasteiger partial charge is 0.341 e. The van der Waals surface area contributed by atoms with Gasteiger partial charge in [0.15, 0.2) is 5.96 Å². The summed E-state index contributed by atoms with van der Waals surface area (Å²) in [5, 5.41) is 3.39. The lowest BCUT2D eigenvalue weighted by atomic mass is 10.00. The van der Waals surface area contributed by atoms with Crippen LogP contribution in [0.15, 0.2) is 59.6 Å². The maximum absolute atomic E-state index is 12.0. The molecule has 152 valence electrons. The fourth-order valence-electron chi connectivity index (χ4n) is 3.42. The lowest BCUT2D eigenvalue weighted by molar-refractivity contribution is 0.0597. The molecule has 0 saturated heterocycles. The molecule has 2 aromatic carbocycles. The van der Waals surface area contributed by atoms with Crippen LogP contribution in [-0.4, -0.2) is 51.2 Å². The number of rotatable bonds is 5. The molecule has 0 aromatic heterocycles. The molecule has 0 radical (unpaired) electrons. The normalized spacial score (nSPS) is 14.2. The molecule has 0 aliphatic carbocycles. The third kappa shape index (κ3) is 4.96. The standard InChI is InChI=1S/C23H27N3O3/c1-24-23(26-13-11-19(12-14-26)18-7-5-4-6-8-18)25-16-17-9-10-21(28-2)20(15-17)22(27)29-3/h4-11,15H,12-14,16H2,1-3H3,(H,24,25). The van der Waals surface area contributed by atoms with Crippen LogP contribution in [0, 0.1) is 0 Å². The number of carbonyl (C=O) groups excluding carboxylic acids is 1. The molecule has 0 bridgehead atoms. The predicted octanol–water partition coefficient (Wildman–Crippen LogP) is 3.35. The Hall–Kier alpha value is -3.28. The van der Waals surface area contributed by atoms with Gasteiger partial charge in [-0.15, -0.1) is 0 Å². The number of benzene rings is 2. The van der Waals surface area contributed by atoms with Gasteiger partial charge in [0.2, 0.25) is 0 Å². The van der Waals surface area contributed by atoms with E-state index in [2.05, 4.69) is 45.6 Å². The molecule has 0 unspecified atom stereocenters. The average Bonchev–Trinajstić information content (AvgIpc) is 2.79. The summed E-state index contributed by atoms with van der Waals surface area (Å²) in [5.74, 6) is 0.922. The molecule has 1 N–H and O–H groups in total. The zero-order valence-corrected chi connectivity index (χ0v) is 17.1. The average molecular weight is 393 g/mol. The van der Waals surface area contributed by atoms with E-state index in [-0.39, 0.29) is 0 Å². The molecular weight excluding hydrogens is 366 g/mol. The largest absolute Gasteiger partial charge is 0.496 e. The number of hydrogen-bond acceptors (Lipinski definition) is 4. The summed E-state index contributed by atoms with van der Waals surface area (Å²) in [7, 11) is 4.68. The van der Waals surface area contributed by atoms with Crippen molar-refractivity contribution in [1.82, 2.24) is 10.2 Å². The second-order valence-corrected chi connectivity index (χ2v) is 6.72. The van der Waals surface area contributed by atoms with Gasteiger partial charge in [0.1, 0.15) is 11.3 Å². The van der Waals surface area contributed by atoms with Crippen molar-refractivity contribution in [3.8, 4) is 5.75 Å². The van der Waals surface area contributed by atoms with E-state index in [1.54, 1.807) is 19.2 Å². The molecule has 0 spiro atoms. The van der Waals surface area contributed by atoms with E-state index >= 15 is 0 Å². The Balaban J connectivity index is 1.64. The van der Waals surface area contributed by atoms with Crippen LogP contribution in [0.5, 0.6) is 5.75 Å². The molecule has 2 aromatic rings. The molecule has 6 heteroatoms. The molecule has 1 aliphatic heterocycles. The van der Waals surface area contributed by atoms with Crippen LogP contribution in [0.2, 0.25) is 0 Å². The summed E-state index contributed by atoms with van der Waals surface area (Å²) < 4.78 is 10.1. The molecule has 1 aliphatic rings. The van der Waals surface area contributed by atoms with Gasteiger partial charge in [-0.1, -0.05) is 42.5 Å². The first-order chi connectivity index (χ1) is 14.2. The van der Waals surface area contributed by atoms with Crippen LogP contribution in [0.1, 0.15) is 27.9 Å². The van der Waals surface area contributed by atoms with E-state index in [4.69, 9.17) is 9.47 Å². The van der Waals surface area contributed by atoms with E-state index in [1.165, 1.54) is 25.4 Å². The molecule has 0 atom stereocenters. The van der Waals surface area contributed by atoms with Gasteiger partial charge >= 0.3 is 5.97 Å². The predicted molar refractivity (Wildman–Crippen MR) is 115 cm³/mol. The zero-order chi connectivity index (χ0) is 20.6.